The van der Waals surface area contributed by atoms with Crippen LogP contribution in [-0.2, 0) is 0 Å². The zero-order valence-corrected chi connectivity index (χ0v) is 11.7. The van der Waals surface area contributed by atoms with E-state index in [0.717, 1.165) is 17.7 Å². The lowest BCUT2D eigenvalue weighted by molar-refractivity contribution is 0.0977. The van der Waals surface area contributed by atoms with Gasteiger partial charge in [-0.05, 0) is 24.0 Å². The Hall–Kier alpha value is -2.63. The highest BCUT2D eigenvalue weighted by Crippen LogP contribution is 2.35. The molecule has 1 atom stereocenters. The van der Waals surface area contributed by atoms with Gasteiger partial charge in [-0.25, -0.2) is 0 Å². The van der Waals surface area contributed by atoms with E-state index in [0.29, 0.717) is 12.5 Å². The highest BCUT2D eigenvalue weighted by atomic mass is 16.2. The maximum Gasteiger partial charge on any atom is 0.276 e. The number of nitrogens with zero attached hydrogens (tertiary/aromatic N) is 2. The molecule has 1 aromatic carbocycles. The predicted molar refractivity (Wildman–Crippen MR) is 78.3 cm³/mol. The fourth-order valence-electron chi connectivity index (χ4n) is 2.66. The van der Waals surface area contributed by atoms with Crippen molar-refractivity contribution in [2.45, 2.75) is 19.3 Å². The van der Waals surface area contributed by atoms with Crippen LogP contribution in [0.5, 0.6) is 0 Å². The third-order valence-corrected chi connectivity index (χ3v) is 3.85. The van der Waals surface area contributed by atoms with E-state index in [9.17, 15) is 9.59 Å². The van der Waals surface area contributed by atoms with E-state index in [1.807, 2.05) is 24.3 Å². The summed E-state index contributed by atoms with van der Waals surface area (Å²) >= 11 is 0. The van der Waals surface area contributed by atoms with Crippen molar-refractivity contribution in [3.8, 4) is 0 Å². The summed E-state index contributed by atoms with van der Waals surface area (Å²) in [7, 11) is 0. The largest absolute Gasteiger partial charge is 0.364 e. The minimum Gasteiger partial charge on any atom is -0.364 e. The van der Waals surface area contributed by atoms with Crippen LogP contribution in [0, 0.1) is 0 Å². The normalized spacial score (nSPS) is 17.4. The van der Waals surface area contributed by atoms with Crippen LogP contribution in [0.2, 0.25) is 0 Å². The minimum atomic E-state index is -0.655. The molecule has 0 saturated carbocycles. The third kappa shape index (κ3) is 2.29. The standard InChI is InChI=1S/C15H16N4O2/c1-9-6-7-19(13-5-3-2-4-10(9)13)15(21)12-8-11(14(16)20)17-18-12/h2-5,8-9H,6-7H2,1H3,(H2,16,20)(H,17,18). The Labute approximate surface area is 121 Å². The van der Waals surface area contributed by atoms with Gasteiger partial charge in [-0.3, -0.25) is 14.7 Å². The molecule has 1 unspecified atom stereocenters. The molecule has 1 aliphatic rings. The number of fused-ring (bicyclic) bond motifs is 1. The van der Waals surface area contributed by atoms with Gasteiger partial charge >= 0.3 is 0 Å². The number of hydrogen-bond donors (Lipinski definition) is 2. The smallest absolute Gasteiger partial charge is 0.276 e. The Balaban J connectivity index is 1.95. The second-order valence-electron chi connectivity index (χ2n) is 5.24. The van der Waals surface area contributed by atoms with Crippen LogP contribution in [-0.4, -0.2) is 28.6 Å². The summed E-state index contributed by atoms with van der Waals surface area (Å²) < 4.78 is 0. The number of amides is 2. The second-order valence-corrected chi connectivity index (χ2v) is 5.24. The van der Waals surface area contributed by atoms with Crippen molar-refractivity contribution in [2.24, 2.45) is 5.73 Å². The van der Waals surface area contributed by atoms with E-state index < -0.39 is 5.91 Å². The van der Waals surface area contributed by atoms with Gasteiger partial charge in [0.1, 0.15) is 5.69 Å². The summed E-state index contributed by atoms with van der Waals surface area (Å²) in [6, 6.07) is 9.27. The summed E-state index contributed by atoms with van der Waals surface area (Å²) in [5, 5.41) is 6.34. The topological polar surface area (TPSA) is 92.1 Å². The Bertz CT molecular complexity index is 707. The molecular formula is C15H16N4O2. The van der Waals surface area contributed by atoms with Crippen molar-refractivity contribution in [1.82, 2.24) is 10.2 Å². The van der Waals surface area contributed by atoms with Gasteiger partial charge in [-0.2, -0.15) is 5.10 Å². The number of para-hydroxylation sites is 1. The molecule has 6 heteroatoms. The van der Waals surface area contributed by atoms with Crippen LogP contribution in [0.3, 0.4) is 0 Å². The fraction of sp³-hybridized carbons (Fsp3) is 0.267. The molecule has 0 spiro atoms. The van der Waals surface area contributed by atoms with Crippen molar-refractivity contribution in [2.75, 3.05) is 11.4 Å². The monoisotopic (exact) mass is 284 g/mol. The molecule has 2 aromatic rings. The van der Waals surface area contributed by atoms with E-state index in [1.54, 1.807) is 4.90 Å². The van der Waals surface area contributed by atoms with Gasteiger partial charge in [0.2, 0.25) is 0 Å². The lowest BCUT2D eigenvalue weighted by atomic mass is 9.91. The number of nitrogens with two attached hydrogens (primary N) is 1. The van der Waals surface area contributed by atoms with Gasteiger partial charge in [-0.1, -0.05) is 25.1 Å². The molecule has 1 aliphatic heterocycles. The molecule has 1 aromatic heterocycles. The van der Waals surface area contributed by atoms with Crippen LogP contribution < -0.4 is 10.6 Å². The van der Waals surface area contributed by atoms with Crippen molar-refractivity contribution in [1.29, 1.82) is 0 Å². The van der Waals surface area contributed by atoms with Gasteiger partial charge < -0.3 is 10.6 Å². The quantitative estimate of drug-likeness (QED) is 0.878. The molecule has 21 heavy (non-hydrogen) atoms. The van der Waals surface area contributed by atoms with E-state index in [1.165, 1.54) is 6.07 Å². The Morgan fingerprint density at radius 2 is 2.14 bits per heavy atom. The van der Waals surface area contributed by atoms with Crippen LogP contribution in [0.25, 0.3) is 0 Å². The third-order valence-electron chi connectivity index (χ3n) is 3.85. The van der Waals surface area contributed by atoms with Crippen molar-refractivity contribution >= 4 is 17.5 Å². The number of primary amides is 1. The Morgan fingerprint density at radius 1 is 1.38 bits per heavy atom. The van der Waals surface area contributed by atoms with E-state index in [2.05, 4.69) is 17.1 Å². The van der Waals surface area contributed by atoms with Crippen molar-refractivity contribution in [3.63, 3.8) is 0 Å². The zero-order valence-electron chi connectivity index (χ0n) is 11.7. The molecule has 3 rings (SSSR count). The highest BCUT2D eigenvalue weighted by Gasteiger charge is 2.28. The Morgan fingerprint density at radius 3 is 2.86 bits per heavy atom. The van der Waals surface area contributed by atoms with Crippen LogP contribution in [0.4, 0.5) is 5.69 Å². The number of H-pyrrole nitrogens is 1. The molecule has 2 amide bonds. The number of hydrogen-bond acceptors (Lipinski definition) is 3. The molecule has 6 nitrogen and oxygen atoms in total. The molecular weight excluding hydrogens is 268 g/mol. The number of aromatic nitrogens is 2. The summed E-state index contributed by atoms with van der Waals surface area (Å²) in [5.74, 6) is -0.430. The first-order chi connectivity index (χ1) is 10.1. The van der Waals surface area contributed by atoms with E-state index in [-0.39, 0.29) is 17.3 Å². The molecule has 0 radical (unpaired) electrons. The average Bonchev–Trinajstić information content (AvgIpc) is 2.97. The minimum absolute atomic E-state index is 0.0667. The van der Waals surface area contributed by atoms with Crippen LogP contribution in [0.15, 0.2) is 30.3 Å². The number of aromatic amines is 1. The number of rotatable bonds is 2. The molecule has 0 saturated heterocycles. The summed E-state index contributed by atoms with van der Waals surface area (Å²) in [5.41, 5.74) is 7.56. The number of nitrogens with one attached hydrogen (secondary N) is 1. The molecule has 0 bridgehead atoms. The molecule has 0 fully saturated rings. The first-order valence-corrected chi connectivity index (χ1v) is 6.84. The van der Waals surface area contributed by atoms with Gasteiger partial charge in [0.15, 0.2) is 5.69 Å². The predicted octanol–water partition coefficient (Wildman–Crippen LogP) is 1.66. The fourth-order valence-corrected chi connectivity index (χ4v) is 2.66. The van der Waals surface area contributed by atoms with E-state index >= 15 is 0 Å². The number of benzene rings is 1. The van der Waals surface area contributed by atoms with Crippen LogP contribution in [0.1, 0.15) is 45.8 Å². The number of carbonyl (C=O) groups is 2. The lowest BCUT2D eigenvalue weighted by Crippen LogP contribution is -2.36. The molecule has 3 N–H and O–H groups in total. The maximum absolute atomic E-state index is 12.6. The number of anilines is 1. The van der Waals surface area contributed by atoms with Gasteiger partial charge in [0.25, 0.3) is 11.8 Å². The second kappa shape index (κ2) is 5.05. The lowest BCUT2D eigenvalue weighted by Gasteiger charge is -2.32. The molecule has 0 aliphatic carbocycles. The van der Waals surface area contributed by atoms with Crippen molar-refractivity contribution in [3.05, 3.63) is 47.3 Å². The first kappa shape index (κ1) is 13.4. The van der Waals surface area contributed by atoms with Gasteiger partial charge in [0, 0.05) is 18.3 Å². The summed E-state index contributed by atoms with van der Waals surface area (Å²) in [4.78, 5) is 25.4. The van der Waals surface area contributed by atoms with E-state index in [4.69, 9.17) is 5.73 Å². The SMILES string of the molecule is CC1CCN(C(=O)c2cc(C(N)=O)n[nH]2)c2ccccc21. The zero-order chi connectivity index (χ0) is 15.0. The first-order valence-electron chi connectivity index (χ1n) is 6.84. The summed E-state index contributed by atoms with van der Waals surface area (Å²) in [6.07, 6.45) is 0.902. The average molecular weight is 284 g/mol. The Kier molecular flexibility index (Phi) is 3.21. The van der Waals surface area contributed by atoms with Crippen molar-refractivity contribution < 1.29 is 9.59 Å². The molecule has 2 heterocycles. The maximum atomic E-state index is 12.6. The van der Waals surface area contributed by atoms with Gasteiger partial charge in [0.05, 0.1) is 0 Å². The van der Waals surface area contributed by atoms with Gasteiger partial charge in [-0.15, -0.1) is 0 Å². The highest BCUT2D eigenvalue weighted by molar-refractivity contribution is 6.06. The number of carbonyl (C=O) groups excluding carboxylic acids is 2. The summed E-state index contributed by atoms with van der Waals surface area (Å²) in [6.45, 7) is 2.80. The molecule has 108 valence electrons. The van der Waals surface area contributed by atoms with Crippen LogP contribution >= 0.6 is 0 Å².